The summed E-state index contributed by atoms with van der Waals surface area (Å²) in [5.74, 6) is 0.928. The third kappa shape index (κ3) is 4.56. The van der Waals surface area contributed by atoms with Crippen LogP contribution in [0.5, 0.6) is 0 Å². The molecule has 0 radical (unpaired) electrons. The molecule has 0 spiro atoms. The van der Waals surface area contributed by atoms with Crippen molar-refractivity contribution in [1.82, 2.24) is 34.3 Å². The van der Waals surface area contributed by atoms with Crippen LogP contribution < -0.4 is 0 Å². The number of rotatable bonds is 7. The maximum Gasteiger partial charge on any atom is 0.150 e. The number of H-pyrrole nitrogens is 1. The molecule has 8 heteroatoms. The smallest absolute Gasteiger partial charge is 0.150 e. The first-order chi connectivity index (χ1) is 18.0. The Kier molecular flexibility index (Phi) is 5.69. The van der Waals surface area contributed by atoms with Crippen LogP contribution in [0.2, 0.25) is 0 Å². The van der Waals surface area contributed by atoms with Crippen LogP contribution in [-0.2, 0) is 24.7 Å². The van der Waals surface area contributed by atoms with Gasteiger partial charge in [0.2, 0.25) is 0 Å². The van der Waals surface area contributed by atoms with Crippen molar-refractivity contribution in [2.24, 2.45) is 7.05 Å². The number of Topliss-reactive ketones (excluding diaryl/α,β-unsaturated/α-hetero) is 1. The molecular formula is C29H25N7O. The SMILES string of the molecule is Cc1cn(-c2ncnc3[nH]c(-c4ccc(CC(=O)Cc5cc(-c6ccccc6)nn5C)cc4)cc23)cn1. The molecule has 37 heavy (non-hydrogen) atoms. The number of hydrogen-bond acceptors (Lipinski definition) is 5. The molecule has 4 heterocycles. The highest BCUT2D eigenvalue weighted by atomic mass is 16.1. The summed E-state index contributed by atoms with van der Waals surface area (Å²) in [6, 6.07) is 22.1. The van der Waals surface area contributed by atoms with Crippen molar-refractivity contribution < 1.29 is 4.79 Å². The largest absolute Gasteiger partial charge is 0.339 e. The van der Waals surface area contributed by atoms with E-state index < -0.39 is 0 Å². The maximum absolute atomic E-state index is 12.9. The Hall–Kier alpha value is -4.85. The third-order valence-corrected chi connectivity index (χ3v) is 6.45. The van der Waals surface area contributed by atoms with Crippen LogP contribution in [0.3, 0.4) is 0 Å². The van der Waals surface area contributed by atoms with E-state index in [0.717, 1.165) is 56.3 Å². The van der Waals surface area contributed by atoms with Crippen molar-refractivity contribution in [3.05, 3.63) is 103 Å². The number of ketones is 1. The van der Waals surface area contributed by atoms with Crippen molar-refractivity contribution in [3.63, 3.8) is 0 Å². The fourth-order valence-electron chi connectivity index (χ4n) is 4.54. The number of nitrogens with one attached hydrogen (secondary N) is 1. The number of benzene rings is 2. The summed E-state index contributed by atoms with van der Waals surface area (Å²) in [4.78, 5) is 29.4. The molecule has 0 unspecified atom stereocenters. The number of imidazole rings is 1. The Morgan fingerprint density at radius 2 is 1.73 bits per heavy atom. The zero-order chi connectivity index (χ0) is 25.4. The second kappa shape index (κ2) is 9.31. The van der Waals surface area contributed by atoms with Gasteiger partial charge in [0.15, 0.2) is 5.82 Å². The number of carbonyl (C=O) groups is 1. The van der Waals surface area contributed by atoms with E-state index in [0.29, 0.717) is 12.8 Å². The third-order valence-electron chi connectivity index (χ3n) is 6.45. The summed E-state index contributed by atoms with van der Waals surface area (Å²) >= 11 is 0. The van der Waals surface area contributed by atoms with Gasteiger partial charge in [-0.25, -0.2) is 15.0 Å². The van der Waals surface area contributed by atoms with Gasteiger partial charge in [-0.15, -0.1) is 0 Å². The molecule has 0 bridgehead atoms. The minimum absolute atomic E-state index is 0.150. The van der Waals surface area contributed by atoms with Crippen LogP contribution in [0.4, 0.5) is 0 Å². The summed E-state index contributed by atoms with van der Waals surface area (Å²) in [6.45, 7) is 1.95. The summed E-state index contributed by atoms with van der Waals surface area (Å²) < 4.78 is 3.69. The van der Waals surface area contributed by atoms with Gasteiger partial charge < -0.3 is 4.98 Å². The van der Waals surface area contributed by atoms with Gasteiger partial charge in [-0.3, -0.25) is 14.0 Å². The topological polar surface area (TPSA) is 94.3 Å². The van der Waals surface area contributed by atoms with Gasteiger partial charge in [0, 0.05) is 43.0 Å². The van der Waals surface area contributed by atoms with Crippen molar-refractivity contribution >= 4 is 16.8 Å². The Morgan fingerprint density at radius 1 is 0.919 bits per heavy atom. The zero-order valence-electron chi connectivity index (χ0n) is 20.6. The van der Waals surface area contributed by atoms with Crippen LogP contribution in [0.25, 0.3) is 39.4 Å². The van der Waals surface area contributed by atoms with E-state index in [4.69, 9.17) is 0 Å². The molecule has 6 rings (SSSR count). The van der Waals surface area contributed by atoms with Crippen LogP contribution in [0.1, 0.15) is 17.0 Å². The Balaban J connectivity index is 1.17. The Labute approximate surface area is 213 Å². The van der Waals surface area contributed by atoms with Crippen LogP contribution in [0.15, 0.2) is 85.6 Å². The van der Waals surface area contributed by atoms with E-state index in [1.807, 2.05) is 91.5 Å². The molecular weight excluding hydrogens is 462 g/mol. The number of aromatic nitrogens is 7. The average molecular weight is 488 g/mol. The van der Waals surface area contributed by atoms with Gasteiger partial charge in [0.1, 0.15) is 24.1 Å². The van der Waals surface area contributed by atoms with Gasteiger partial charge in [0.05, 0.1) is 16.8 Å². The van der Waals surface area contributed by atoms with Crippen molar-refractivity contribution in [3.8, 4) is 28.3 Å². The highest BCUT2D eigenvalue weighted by Gasteiger charge is 2.14. The second-order valence-corrected chi connectivity index (χ2v) is 9.16. The van der Waals surface area contributed by atoms with E-state index in [1.165, 1.54) is 0 Å². The van der Waals surface area contributed by atoms with Crippen LogP contribution >= 0.6 is 0 Å². The second-order valence-electron chi connectivity index (χ2n) is 9.16. The summed E-state index contributed by atoms with van der Waals surface area (Å²) in [7, 11) is 1.88. The molecule has 0 saturated carbocycles. The molecule has 4 aromatic heterocycles. The van der Waals surface area contributed by atoms with Gasteiger partial charge in [-0.05, 0) is 30.2 Å². The standard InChI is InChI=1S/C29H25N7O/c1-19-16-36(18-32-19)29-25-15-26(33-28(25)30-17-31-29)22-10-8-20(9-11-22)12-24(37)13-23-14-27(34-35(23)2)21-6-4-3-5-7-21/h3-11,14-18H,12-13H2,1-2H3,(H,30,31,33). The number of carbonyl (C=O) groups excluding carboxylic acids is 1. The Morgan fingerprint density at radius 3 is 2.49 bits per heavy atom. The number of fused-ring (bicyclic) bond motifs is 1. The number of nitrogens with zero attached hydrogens (tertiary/aromatic N) is 6. The zero-order valence-corrected chi connectivity index (χ0v) is 20.6. The lowest BCUT2D eigenvalue weighted by Crippen LogP contribution is -2.10. The van der Waals surface area contributed by atoms with Gasteiger partial charge >= 0.3 is 0 Å². The van der Waals surface area contributed by atoms with Gasteiger partial charge in [0.25, 0.3) is 0 Å². The molecule has 0 aliphatic heterocycles. The maximum atomic E-state index is 12.9. The van der Waals surface area contributed by atoms with Crippen LogP contribution in [0, 0.1) is 6.92 Å². The first kappa shape index (κ1) is 22.6. The first-order valence-electron chi connectivity index (χ1n) is 12.1. The van der Waals surface area contributed by atoms with Gasteiger partial charge in [-0.2, -0.15) is 5.10 Å². The molecule has 1 N–H and O–H groups in total. The van der Waals surface area contributed by atoms with Gasteiger partial charge in [-0.1, -0.05) is 54.6 Å². The monoisotopic (exact) mass is 487 g/mol. The summed E-state index contributed by atoms with van der Waals surface area (Å²) in [5, 5.41) is 5.49. The van der Waals surface area contributed by atoms with E-state index in [9.17, 15) is 4.79 Å². The quantitative estimate of drug-likeness (QED) is 0.347. The molecule has 0 aliphatic carbocycles. The highest BCUT2D eigenvalue weighted by molar-refractivity contribution is 5.88. The molecule has 0 aliphatic rings. The average Bonchev–Trinajstić information content (AvgIpc) is 3.63. The molecule has 0 amide bonds. The van der Waals surface area contributed by atoms with Crippen LogP contribution in [-0.4, -0.2) is 40.1 Å². The fraction of sp³-hybridized carbons (Fsp3) is 0.138. The number of hydrogen-bond donors (Lipinski definition) is 1. The number of aryl methyl sites for hydroxylation is 2. The van der Waals surface area contributed by atoms with Crippen molar-refractivity contribution in [2.75, 3.05) is 0 Å². The molecule has 0 atom stereocenters. The van der Waals surface area contributed by atoms with E-state index in [2.05, 4.69) is 25.0 Å². The molecule has 6 aromatic rings. The predicted molar refractivity (Wildman–Crippen MR) is 142 cm³/mol. The minimum Gasteiger partial charge on any atom is -0.339 e. The predicted octanol–water partition coefficient (Wildman–Crippen LogP) is 4.87. The van der Waals surface area contributed by atoms with Crippen molar-refractivity contribution in [2.45, 2.75) is 19.8 Å². The summed E-state index contributed by atoms with van der Waals surface area (Å²) in [6.07, 6.45) is 5.95. The van der Waals surface area contributed by atoms with E-state index in [1.54, 1.807) is 17.3 Å². The lowest BCUT2D eigenvalue weighted by Gasteiger charge is -2.04. The molecule has 8 nitrogen and oxygen atoms in total. The molecule has 0 saturated heterocycles. The number of aromatic amines is 1. The highest BCUT2D eigenvalue weighted by Crippen LogP contribution is 2.27. The lowest BCUT2D eigenvalue weighted by atomic mass is 10.0. The van der Waals surface area contributed by atoms with E-state index in [-0.39, 0.29) is 5.78 Å². The molecule has 2 aromatic carbocycles. The lowest BCUT2D eigenvalue weighted by molar-refractivity contribution is -0.117. The summed E-state index contributed by atoms with van der Waals surface area (Å²) in [5.41, 5.74) is 7.45. The minimum atomic E-state index is 0.150. The van der Waals surface area contributed by atoms with Crippen molar-refractivity contribution in [1.29, 1.82) is 0 Å². The molecule has 0 fully saturated rings. The van der Waals surface area contributed by atoms with E-state index >= 15 is 0 Å². The Bertz CT molecular complexity index is 1710. The fourth-order valence-corrected chi connectivity index (χ4v) is 4.54. The first-order valence-corrected chi connectivity index (χ1v) is 12.1. The normalized spacial score (nSPS) is 11.3. The molecule has 182 valence electrons.